The molecule has 1 heterocycles. The molecule has 0 fully saturated rings. The molecule has 29 heavy (non-hydrogen) atoms. The molecule has 0 saturated carbocycles. The zero-order chi connectivity index (χ0) is 21.1. The lowest BCUT2D eigenvalue weighted by Crippen LogP contribution is -2.19. The highest BCUT2D eigenvalue weighted by Crippen LogP contribution is 2.31. The fourth-order valence-electron chi connectivity index (χ4n) is 2.45. The van der Waals surface area contributed by atoms with Gasteiger partial charge in [0.15, 0.2) is 0 Å². The normalized spacial score (nSPS) is 11.7. The van der Waals surface area contributed by atoms with E-state index in [1.54, 1.807) is 12.1 Å². The Labute approximate surface area is 164 Å². The molecule has 0 aliphatic rings. The molecule has 0 radical (unpaired) electrons. The van der Waals surface area contributed by atoms with Gasteiger partial charge in [0.05, 0.1) is 33.6 Å². The van der Waals surface area contributed by atoms with E-state index in [1.807, 2.05) is 0 Å². The van der Waals surface area contributed by atoms with Gasteiger partial charge >= 0.3 is 6.18 Å². The predicted octanol–water partition coefficient (Wildman–Crippen LogP) is 4.15. The molecule has 0 unspecified atom stereocenters. The van der Waals surface area contributed by atoms with Crippen molar-refractivity contribution < 1.29 is 26.4 Å². The van der Waals surface area contributed by atoms with Gasteiger partial charge in [-0.1, -0.05) is 18.2 Å². The summed E-state index contributed by atoms with van der Waals surface area (Å²) in [4.78, 5) is 15.8. The molecular formula is C19H14F3N3O3S. The fourth-order valence-corrected chi connectivity index (χ4v) is 3.57. The molecule has 1 amide bonds. The van der Waals surface area contributed by atoms with Crippen LogP contribution >= 0.6 is 0 Å². The first-order valence-electron chi connectivity index (χ1n) is 8.17. The number of carbonyl (C=O) groups excluding carboxylic acids is 1. The van der Waals surface area contributed by atoms with Crippen molar-refractivity contribution in [3.63, 3.8) is 0 Å². The summed E-state index contributed by atoms with van der Waals surface area (Å²) in [6.07, 6.45) is -1.76. The first-order chi connectivity index (χ1) is 13.7. The number of sulfonamides is 1. The third-order valence-corrected chi connectivity index (χ3v) is 5.17. The Hall–Kier alpha value is -3.40. The van der Waals surface area contributed by atoms with Crippen LogP contribution in [0.25, 0.3) is 0 Å². The lowest BCUT2D eigenvalue weighted by Gasteiger charge is -2.14. The number of carbonyl (C=O) groups is 1. The number of amides is 1. The number of benzene rings is 2. The zero-order valence-corrected chi connectivity index (χ0v) is 15.5. The summed E-state index contributed by atoms with van der Waals surface area (Å²) in [6.45, 7) is 0. The quantitative estimate of drug-likeness (QED) is 0.648. The fraction of sp³-hybridized carbons (Fsp3) is 0.0526. The average molecular weight is 421 g/mol. The number of anilines is 2. The highest BCUT2D eigenvalue weighted by Gasteiger charge is 2.31. The number of rotatable bonds is 5. The second-order valence-corrected chi connectivity index (χ2v) is 7.55. The number of pyridine rings is 1. The molecule has 3 aromatic rings. The first kappa shape index (κ1) is 20.3. The predicted molar refractivity (Wildman–Crippen MR) is 101 cm³/mol. The van der Waals surface area contributed by atoms with Gasteiger partial charge in [-0.15, -0.1) is 0 Å². The van der Waals surface area contributed by atoms with E-state index in [0.29, 0.717) is 11.8 Å². The maximum absolute atomic E-state index is 12.9. The van der Waals surface area contributed by atoms with E-state index < -0.39 is 32.6 Å². The molecular weight excluding hydrogens is 407 g/mol. The van der Waals surface area contributed by atoms with Crippen LogP contribution in [0.15, 0.2) is 78.0 Å². The van der Waals surface area contributed by atoms with Gasteiger partial charge in [-0.2, -0.15) is 13.2 Å². The van der Waals surface area contributed by atoms with Crippen LogP contribution in [-0.4, -0.2) is 19.3 Å². The van der Waals surface area contributed by atoms with E-state index in [2.05, 4.69) is 15.0 Å². The van der Waals surface area contributed by atoms with Crippen molar-refractivity contribution >= 4 is 27.3 Å². The van der Waals surface area contributed by atoms with Crippen LogP contribution in [0.4, 0.5) is 24.5 Å². The van der Waals surface area contributed by atoms with Gasteiger partial charge in [0.1, 0.15) is 0 Å². The van der Waals surface area contributed by atoms with Crippen molar-refractivity contribution in [3.8, 4) is 0 Å². The summed E-state index contributed by atoms with van der Waals surface area (Å²) in [5.41, 5.74) is -0.783. The van der Waals surface area contributed by atoms with Gasteiger partial charge < -0.3 is 5.32 Å². The standard InChI is InChI=1S/C19H14F3N3O3S/c20-19(21,22)13-5-3-7-15(11-13)29(27,28)25-17-9-2-1-8-16(17)18(26)24-14-6-4-10-23-12-14/h1-12,25H,(H,24,26). The third-order valence-electron chi connectivity index (χ3n) is 3.81. The minimum absolute atomic E-state index is 0.00750. The molecule has 0 aliphatic heterocycles. The molecule has 150 valence electrons. The van der Waals surface area contributed by atoms with E-state index in [4.69, 9.17) is 0 Å². The Morgan fingerprint density at radius 1 is 0.966 bits per heavy atom. The van der Waals surface area contributed by atoms with Gasteiger partial charge in [-0.3, -0.25) is 14.5 Å². The van der Waals surface area contributed by atoms with Gasteiger partial charge in [0, 0.05) is 6.20 Å². The Morgan fingerprint density at radius 3 is 2.41 bits per heavy atom. The summed E-state index contributed by atoms with van der Waals surface area (Å²) in [5.74, 6) is -0.611. The van der Waals surface area contributed by atoms with E-state index in [1.165, 1.54) is 36.7 Å². The second kappa shape index (κ2) is 7.92. The van der Waals surface area contributed by atoms with E-state index in [0.717, 1.165) is 18.2 Å². The number of alkyl halides is 3. The molecule has 0 aliphatic carbocycles. The van der Waals surface area contributed by atoms with Crippen LogP contribution in [0.3, 0.4) is 0 Å². The summed E-state index contributed by atoms with van der Waals surface area (Å²) in [6, 6.07) is 12.3. The van der Waals surface area contributed by atoms with E-state index >= 15 is 0 Å². The summed E-state index contributed by atoms with van der Waals surface area (Å²) in [5, 5.41) is 2.57. The SMILES string of the molecule is O=C(Nc1cccnc1)c1ccccc1NS(=O)(=O)c1cccc(C(F)(F)F)c1. The number of hydrogen-bond donors (Lipinski definition) is 2. The maximum atomic E-state index is 12.9. The van der Waals surface area contributed by atoms with Gasteiger partial charge in [0.2, 0.25) is 0 Å². The van der Waals surface area contributed by atoms with Crippen molar-refractivity contribution in [3.05, 3.63) is 84.2 Å². The average Bonchev–Trinajstić information content (AvgIpc) is 2.68. The lowest BCUT2D eigenvalue weighted by molar-refractivity contribution is -0.137. The minimum atomic E-state index is -4.69. The van der Waals surface area contributed by atoms with Crippen molar-refractivity contribution in [2.75, 3.05) is 10.0 Å². The van der Waals surface area contributed by atoms with Crippen molar-refractivity contribution in [2.24, 2.45) is 0 Å². The first-order valence-corrected chi connectivity index (χ1v) is 9.65. The molecule has 3 rings (SSSR count). The number of nitrogens with zero attached hydrogens (tertiary/aromatic N) is 1. The summed E-state index contributed by atoms with van der Waals surface area (Å²) in [7, 11) is -4.37. The number of halogens is 3. The van der Waals surface area contributed by atoms with Gasteiger partial charge in [0.25, 0.3) is 15.9 Å². The van der Waals surface area contributed by atoms with Crippen molar-refractivity contribution in [2.45, 2.75) is 11.1 Å². The van der Waals surface area contributed by atoms with Crippen LogP contribution < -0.4 is 10.0 Å². The molecule has 2 N–H and O–H groups in total. The van der Waals surface area contributed by atoms with Gasteiger partial charge in [-0.25, -0.2) is 8.42 Å². The van der Waals surface area contributed by atoms with Crippen molar-refractivity contribution in [1.29, 1.82) is 0 Å². The molecule has 1 aromatic heterocycles. The summed E-state index contributed by atoms with van der Waals surface area (Å²) >= 11 is 0. The largest absolute Gasteiger partial charge is 0.416 e. The molecule has 0 spiro atoms. The molecule has 2 aromatic carbocycles. The highest BCUT2D eigenvalue weighted by molar-refractivity contribution is 7.92. The molecule has 0 atom stereocenters. The number of nitrogens with one attached hydrogen (secondary N) is 2. The Balaban J connectivity index is 1.90. The second-order valence-electron chi connectivity index (χ2n) is 5.87. The summed E-state index contributed by atoms with van der Waals surface area (Å²) < 4.78 is 66.0. The lowest BCUT2D eigenvalue weighted by atomic mass is 10.1. The Morgan fingerprint density at radius 2 is 1.72 bits per heavy atom. The maximum Gasteiger partial charge on any atom is 0.416 e. The third kappa shape index (κ3) is 4.91. The van der Waals surface area contributed by atoms with Crippen molar-refractivity contribution in [1.82, 2.24) is 4.98 Å². The van der Waals surface area contributed by atoms with E-state index in [9.17, 15) is 26.4 Å². The van der Waals surface area contributed by atoms with E-state index in [-0.39, 0.29) is 11.3 Å². The molecule has 0 bridgehead atoms. The van der Waals surface area contributed by atoms with Crippen LogP contribution in [-0.2, 0) is 16.2 Å². The minimum Gasteiger partial charge on any atom is -0.321 e. The number of hydrogen-bond acceptors (Lipinski definition) is 4. The van der Waals surface area contributed by atoms with Crippen LogP contribution in [0.5, 0.6) is 0 Å². The van der Waals surface area contributed by atoms with Gasteiger partial charge in [-0.05, 0) is 42.5 Å². The van der Waals surface area contributed by atoms with Crippen LogP contribution in [0.2, 0.25) is 0 Å². The van der Waals surface area contributed by atoms with Crippen LogP contribution in [0, 0.1) is 0 Å². The van der Waals surface area contributed by atoms with Crippen LogP contribution in [0.1, 0.15) is 15.9 Å². The smallest absolute Gasteiger partial charge is 0.321 e. The monoisotopic (exact) mass is 421 g/mol. The highest BCUT2D eigenvalue weighted by atomic mass is 32.2. The zero-order valence-electron chi connectivity index (χ0n) is 14.6. The number of para-hydroxylation sites is 1. The Kier molecular flexibility index (Phi) is 5.55. The number of aromatic nitrogens is 1. The molecule has 10 heteroatoms. The molecule has 0 saturated heterocycles. The Bertz CT molecular complexity index is 1130. The molecule has 6 nitrogen and oxygen atoms in total. The topological polar surface area (TPSA) is 88.2 Å².